The van der Waals surface area contributed by atoms with Crippen LogP contribution in [-0.4, -0.2) is 20.7 Å². The van der Waals surface area contributed by atoms with Crippen molar-refractivity contribution in [1.82, 2.24) is 0 Å². The first-order valence-corrected chi connectivity index (χ1v) is 40.6. The molecule has 22 heteroatoms. The molecule has 0 aliphatic carbocycles. The molecular formula is C54H70Cl4Mn4O12P2. The van der Waals surface area contributed by atoms with Crippen LogP contribution in [0.5, 0.6) is 0 Å². The Labute approximate surface area is 476 Å². The van der Waals surface area contributed by atoms with Gasteiger partial charge in [0.05, 0.1) is 12.3 Å². The zero-order chi connectivity index (χ0) is 57.0. The topological polar surface area (TPSA) is 223 Å². The summed E-state index contributed by atoms with van der Waals surface area (Å²) in [5.74, 6) is 0. The molecule has 0 unspecified atom stereocenters. The van der Waals surface area contributed by atoms with Crippen molar-refractivity contribution in [2.45, 2.75) is 104 Å². The monoisotopic (exact) mass is 1330 g/mol. The van der Waals surface area contributed by atoms with E-state index in [1.54, 1.807) is 0 Å². The van der Waals surface area contributed by atoms with E-state index < -0.39 is 63.0 Å². The van der Waals surface area contributed by atoms with E-state index in [9.17, 15) is 0 Å². The fourth-order valence-corrected chi connectivity index (χ4v) is 17.2. The third-order valence-electron chi connectivity index (χ3n) is 11.4. The van der Waals surface area contributed by atoms with Gasteiger partial charge in [-0.15, -0.1) is 0 Å². The van der Waals surface area contributed by atoms with Crippen LogP contribution in [0.4, 0.5) is 0 Å². The predicted octanol–water partition coefficient (Wildman–Crippen LogP) is 11.8. The van der Waals surface area contributed by atoms with Crippen molar-refractivity contribution in [2.24, 2.45) is 0 Å². The Hall–Kier alpha value is -2.34. The molecule has 2 N–H and O–H groups in total. The SMILES string of the molecule is CCCCCCCCC[P+](c1ccccc1)(c1ccccc1)c1ccccc1.CCCCCCCCC[P+](c1ccccc1)(c1ccccc1)c1ccccc1.[O]=[Mn](=[O])([O-])[Cl].[O]=[Mn](=[O])([O-])[Cl].[O]=[Mn](=[O])([OH])[Cl].[O]=[Mn](=[O])([OH])[Cl]. The minimum atomic E-state index is -4.90. The molecule has 0 bridgehead atoms. The molecule has 0 aliphatic heterocycles. The Morgan fingerprint density at radius 3 is 0.592 bits per heavy atom. The van der Waals surface area contributed by atoms with Crippen LogP contribution in [0.3, 0.4) is 0 Å². The van der Waals surface area contributed by atoms with E-state index in [0.717, 1.165) is 0 Å². The molecule has 0 fully saturated rings. The Kier molecular flexibility index (Phi) is 36.9. The van der Waals surface area contributed by atoms with Crippen molar-refractivity contribution in [3.63, 3.8) is 0 Å². The van der Waals surface area contributed by atoms with Gasteiger partial charge in [-0.2, -0.15) is 0 Å². The zero-order valence-electron chi connectivity index (χ0n) is 42.5. The van der Waals surface area contributed by atoms with Gasteiger partial charge in [0.1, 0.15) is 46.4 Å². The molecule has 424 valence electrons. The van der Waals surface area contributed by atoms with Crippen LogP contribution in [0.1, 0.15) is 104 Å². The van der Waals surface area contributed by atoms with Crippen molar-refractivity contribution in [2.75, 3.05) is 12.3 Å². The van der Waals surface area contributed by atoms with Crippen LogP contribution in [0, 0.1) is 0 Å². The van der Waals surface area contributed by atoms with Gasteiger partial charge < -0.3 is 0 Å². The third-order valence-corrected chi connectivity index (χ3v) is 20.4. The third kappa shape index (κ3) is 34.6. The molecule has 0 saturated carbocycles. The number of benzene rings is 6. The van der Waals surface area contributed by atoms with E-state index in [0.29, 0.717) is 0 Å². The Balaban J connectivity index is 0.000000561. The predicted molar refractivity (Wildman–Crippen MR) is 289 cm³/mol. The van der Waals surface area contributed by atoms with Gasteiger partial charge in [0, 0.05) is 0 Å². The summed E-state index contributed by atoms with van der Waals surface area (Å²) in [6, 6.07) is 67.6. The molecule has 0 saturated heterocycles. The molecule has 12 nitrogen and oxygen atoms in total. The van der Waals surface area contributed by atoms with Crippen LogP contribution >= 0.6 is 54.9 Å². The first-order chi connectivity index (χ1) is 35.8. The van der Waals surface area contributed by atoms with Crippen LogP contribution in [0.25, 0.3) is 0 Å². The standard InChI is InChI=1S/2C27H34P.4ClH.4Mn.2H2O.10O/c2*1-2-3-4-5-6-7-17-24-28(25-18-11-8-12-19-25,26-20-13-9-14-21-26)27-22-15-10-16-23-27;;;;;;;;;;;;;;;;;;;;/h2*8-16,18-23H,2-7,17,24H2,1H3;4*1H;;;;;2*1H2;;;;;;;;;;/q2*+1;;;;;2*+1;2*+2;;;;;;;;;;;2*-1/p-6. The molecule has 0 aliphatic rings. The van der Waals surface area contributed by atoms with E-state index in [4.69, 9.17) is 47.4 Å². The van der Waals surface area contributed by atoms with Crippen LogP contribution in [0.15, 0.2) is 182 Å². The zero-order valence-corrected chi connectivity index (χ0v) is 52.1. The number of halogens is 4. The number of unbranched alkanes of at least 4 members (excludes halogenated alkanes) is 12. The molecule has 6 aromatic rings. The molecule has 76 heavy (non-hydrogen) atoms. The summed E-state index contributed by atoms with van der Waals surface area (Å²) < 4.78 is 104. The maximum absolute atomic E-state index is 9.01. The molecular weight excluding hydrogens is 1260 g/mol. The van der Waals surface area contributed by atoms with E-state index in [1.807, 2.05) is 0 Å². The number of rotatable bonds is 22. The second kappa shape index (κ2) is 39.1. The van der Waals surface area contributed by atoms with Gasteiger partial charge in [-0.25, -0.2) is 0 Å². The maximum atomic E-state index is 9.01. The van der Waals surface area contributed by atoms with Crippen LogP contribution < -0.4 is 40.2 Å². The van der Waals surface area contributed by atoms with Crippen molar-refractivity contribution in [1.29, 1.82) is 0 Å². The first kappa shape index (κ1) is 71.7. The Morgan fingerprint density at radius 1 is 0.316 bits per heavy atom. The average molecular weight is 1330 g/mol. The van der Waals surface area contributed by atoms with Crippen molar-refractivity contribution in [3.05, 3.63) is 182 Å². The summed E-state index contributed by atoms with van der Waals surface area (Å²) in [6.07, 6.45) is 21.6. The molecule has 6 rings (SSSR count). The van der Waals surface area contributed by atoms with Gasteiger partial charge in [0.2, 0.25) is 0 Å². The number of hydrogen-bond acceptors (Lipinski definition) is 10. The fraction of sp³-hybridized carbons (Fsp3) is 0.333. The van der Waals surface area contributed by atoms with E-state index in [2.05, 4.69) is 236 Å². The van der Waals surface area contributed by atoms with Gasteiger partial charge in [-0.3, -0.25) is 0 Å². The summed E-state index contributed by atoms with van der Waals surface area (Å²) in [6.45, 7) is 4.58. The quantitative estimate of drug-likeness (QED) is 0.0368. The van der Waals surface area contributed by atoms with Gasteiger partial charge in [0.25, 0.3) is 0 Å². The molecule has 6 aromatic carbocycles. The minimum absolute atomic E-state index is 1.26. The summed E-state index contributed by atoms with van der Waals surface area (Å²) in [5.41, 5.74) is 0. The van der Waals surface area contributed by atoms with E-state index in [-0.39, 0.29) is 0 Å². The second-order valence-corrected chi connectivity index (χ2v) is 34.6. The molecule has 0 heterocycles. The van der Waals surface area contributed by atoms with Gasteiger partial charge in [0.15, 0.2) is 0 Å². The van der Waals surface area contributed by atoms with Gasteiger partial charge in [-0.1, -0.05) is 187 Å². The Morgan fingerprint density at radius 2 is 0.447 bits per heavy atom. The molecule has 0 amide bonds. The van der Waals surface area contributed by atoms with Crippen molar-refractivity contribution >= 4 is 86.7 Å². The Bertz CT molecular complexity index is 2400. The van der Waals surface area contributed by atoms with Gasteiger partial charge in [-0.05, 0) is 98.5 Å². The fourth-order valence-electron chi connectivity index (χ4n) is 8.38. The summed E-state index contributed by atoms with van der Waals surface area (Å²) in [4.78, 5) is 0. The van der Waals surface area contributed by atoms with Crippen LogP contribution in [-0.2, 0) is 79.2 Å². The molecule has 0 atom stereocenters. The van der Waals surface area contributed by atoms with Crippen molar-refractivity contribution in [3.8, 4) is 0 Å². The first-order valence-electron chi connectivity index (χ1n) is 24.3. The van der Waals surface area contributed by atoms with E-state index >= 15 is 0 Å². The second-order valence-electron chi connectivity index (χ2n) is 16.8. The average Bonchev–Trinajstić information content (AvgIpc) is 3.36. The van der Waals surface area contributed by atoms with Crippen LogP contribution in [0.2, 0.25) is 0 Å². The molecule has 0 aromatic heterocycles. The molecule has 0 radical (unpaired) electrons. The number of hydrogen-bond donors (Lipinski definition) is 2. The summed E-state index contributed by atoms with van der Waals surface area (Å²) >= 11 is -19.1. The van der Waals surface area contributed by atoms with Gasteiger partial charge >= 0.3 is 136 Å². The van der Waals surface area contributed by atoms with E-state index in [1.165, 1.54) is 134 Å². The summed E-state index contributed by atoms with van der Waals surface area (Å²) in [5, 5.41) is 9.07. The normalized spacial score (nSPS) is 11.5. The molecule has 0 spiro atoms. The summed E-state index contributed by atoms with van der Waals surface area (Å²) in [7, 11) is 13.0. The van der Waals surface area contributed by atoms with Crippen molar-refractivity contribution < 1.29 is 95.9 Å².